The van der Waals surface area contributed by atoms with Crippen LogP contribution < -0.4 is 0 Å². The van der Waals surface area contributed by atoms with Crippen LogP contribution in [-0.2, 0) is 5.41 Å². The Bertz CT molecular complexity index is 3480. The van der Waals surface area contributed by atoms with Crippen molar-refractivity contribution in [3.05, 3.63) is 241 Å². The van der Waals surface area contributed by atoms with Gasteiger partial charge in [-0.05, 0) is 86.0 Å². The molecule has 0 saturated carbocycles. The van der Waals surface area contributed by atoms with Crippen molar-refractivity contribution in [3.63, 3.8) is 0 Å². The molecule has 0 fully saturated rings. The van der Waals surface area contributed by atoms with Gasteiger partial charge in [0.05, 0.1) is 16.4 Å². The highest BCUT2D eigenvalue weighted by molar-refractivity contribution is 6.19. The van der Waals surface area contributed by atoms with E-state index in [-0.39, 0.29) is 0 Å². The van der Waals surface area contributed by atoms with Crippen LogP contribution in [0.1, 0.15) is 22.3 Å². The first-order valence-electron chi connectivity index (χ1n) is 21.2. The number of aromatic nitrogens is 4. The van der Waals surface area contributed by atoms with Gasteiger partial charge >= 0.3 is 0 Å². The lowest BCUT2D eigenvalue weighted by atomic mass is 9.70. The van der Waals surface area contributed by atoms with Gasteiger partial charge in [0.2, 0.25) is 0 Å². The predicted molar refractivity (Wildman–Crippen MR) is 252 cm³/mol. The summed E-state index contributed by atoms with van der Waals surface area (Å²) >= 11 is 0. The Labute approximate surface area is 359 Å². The monoisotopic (exact) mass is 788 g/mol. The number of hydrogen-bond donors (Lipinski definition) is 0. The van der Waals surface area contributed by atoms with Crippen LogP contribution in [0, 0.1) is 0 Å². The minimum absolute atomic E-state index is 0.399. The Balaban J connectivity index is 0.983. The van der Waals surface area contributed by atoms with E-state index in [2.05, 4.69) is 162 Å². The summed E-state index contributed by atoms with van der Waals surface area (Å²) in [5, 5.41) is 2.53. The van der Waals surface area contributed by atoms with E-state index in [9.17, 15) is 0 Å². The molecule has 1 spiro atoms. The SMILES string of the molecule is c1ccc(-c2nc(-c3ccccc3)nc(-c3cccc(-c4cccc(-n5c6ccccc6c6c7c(ccc65)C5(c6ccccc6-c6ccccc65)c5ccccc5-7)c4)c3)n2)cc1. The van der Waals surface area contributed by atoms with Crippen LogP contribution >= 0.6 is 0 Å². The van der Waals surface area contributed by atoms with E-state index in [1.807, 2.05) is 60.7 Å². The van der Waals surface area contributed by atoms with E-state index in [0.717, 1.165) is 33.5 Å². The highest BCUT2D eigenvalue weighted by Crippen LogP contribution is 2.64. The molecule has 0 unspecified atom stereocenters. The maximum absolute atomic E-state index is 5.03. The minimum Gasteiger partial charge on any atom is -0.309 e. The molecule has 4 nitrogen and oxygen atoms in total. The van der Waals surface area contributed by atoms with Crippen LogP contribution in [-0.4, -0.2) is 19.5 Å². The van der Waals surface area contributed by atoms with Crippen molar-refractivity contribution in [2.24, 2.45) is 0 Å². The molecule has 0 amide bonds. The minimum atomic E-state index is -0.399. The Morgan fingerprint density at radius 2 is 0.806 bits per heavy atom. The standard InChI is InChI=1S/C58H36N4/c1-3-17-37(18-4-1)55-59-56(38-19-5-2-6-20-38)61-57(60-55)41-23-15-21-39(35-41)40-22-16-24-42(36-40)62-51-32-14-10-28-46(51)54-52(62)34-33-50-53(54)45-27-9-13-31-49(45)58(50)47-29-11-7-25-43(47)44-26-8-12-30-48(44)58/h1-36H. The molecular formula is C58H36N4. The molecule has 4 heteroatoms. The first kappa shape index (κ1) is 34.6. The molecule has 2 aromatic heterocycles. The summed E-state index contributed by atoms with van der Waals surface area (Å²) in [6.45, 7) is 0. The van der Waals surface area contributed by atoms with Gasteiger partial charge in [-0.1, -0.05) is 188 Å². The quantitative estimate of drug-likeness (QED) is 0.174. The Kier molecular flexibility index (Phi) is 7.49. The molecule has 0 saturated heterocycles. The zero-order valence-electron chi connectivity index (χ0n) is 33.6. The summed E-state index contributed by atoms with van der Waals surface area (Å²) in [6, 6.07) is 78.6. The van der Waals surface area contributed by atoms with Gasteiger partial charge in [-0.3, -0.25) is 0 Å². The van der Waals surface area contributed by atoms with E-state index in [1.165, 1.54) is 66.3 Å². The van der Waals surface area contributed by atoms with E-state index in [1.54, 1.807) is 0 Å². The Morgan fingerprint density at radius 1 is 0.323 bits per heavy atom. The number of nitrogens with zero attached hydrogens (tertiary/aromatic N) is 4. The third-order valence-corrected chi connectivity index (χ3v) is 13.1. The maximum atomic E-state index is 5.03. The van der Waals surface area contributed by atoms with Crippen molar-refractivity contribution in [3.8, 4) is 73.2 Å². The van der Waals surface area contributed by atoms with E-state index in [0.29, 0.717) is 17.5 Å². The molecule has 0 bridgehead atoms. The molecule has 0 radical (unpaired) electrons. The van der Waals surface area contributed by atoms with Crippen LogP contribution in [0.4, 0.5) is 0 Å². The van der Waals surface area contributed by atoms with E-state index >= 15 is 0 Å². The first-order chi connectivity index (χ1) is 30.8. The van der Waals surface area contributed by atoms with E-state index < -0.39 is 5.41 Å². The molecule has 11 aromatic rings. The van der Waals surface area contributed by atoms with Crippen LogP contribution in [0.5, 0.6) is 0 Å². The number of hydrogen-bond acceptors (Lipinski definition) is 3. The molecule has 62 heavy (non-hydrogen) atoms. The number of benzene rings is 9. The first-order valence-corrected chi connectivity index (χ1v) is 21.2. The summed E-state index contributed by atoms with van der Waals surface area (Å²) in [5.41, 5.74) is 18.8. The van der Waals surface area contributed by atoms with Gasteiger partial charge in [0.15, 0.2) is 17.5 Å². The van der Waals surface area contributed by atoms with Gasteiger partial charge in [-0.15, -0.1) is 0 Å². The van der Waals surface area contributed by atoms with Crippen molar-refractivity contribution < 1.29 is 0 Å². The van der Waals surface area contributed by atoms with Gasteiger partial charge < -0.3 is 4.57 Å². The average molecular weight is 789 g/mol. The van der Waals surface area contributed by atoms with Crippen molar-refractivity contribution in [2.45, 2.75) is 5.41 Å². The van der Waals surface area contributed by atoms with Crippen molar-refractivity contribution in [2.75, 3.05) is 0 Å². The lowest BCUT2D eigenvalue weighted by Crippen LogP contribution is -2.25. The lowest BCUT2D eigenvalue weighted by molar-refractivity contribution is 0.794. The molecule has 13 rings (SSSR count). The molecule has 0 atom stereocenters. The van der Waals surface area contributed by atoms with Crippen molar-refractivity contribution in [1.82, 2.24) is 19.5 Å². The molecule has 288 valence electrons. The summed E-state index contributed by atoms with van der Waals surface area (Å²) in [6.07, 6.45) is 0. The largest absolute Gasteiger partial charge is 0.309 e. The summed E-state index contributed by atoms with van der Waals surface area (Å²) in [5.74, 6) is 1.93. The second-order valence-electron chi connectivity index (χ2n) is 16.3. The second-order valence-corrected chi connectivity index (χ2v) is 16.3. The van der Waals surface area contributed by atoms with Crippen LogP contribution in [0.2, 0.25) is 0 Å². The van der Waals surface area contributed by atoms with Crippen LogP contribution in [0.15, 0.2) is 218 Å². The average Bonchev–Trinajstić information content (AvgIpc) is 3.96. The number of rotatable bonds is 5. The molecule has 2 heterocycles. The number of para-hydroxylation sites is 1. The van der Waals surface area contributed by atoms with Gasteiger partial charge in [0.1, 0.15) is 0 Å². The van der Waals surface area contributed by atoms with Gasteiger partial charge in [-0.2, -0.15) is 0 Å². The molecular weight excluding hydrogens is 753 g/mol. The summed E-state index contributed by atoms with van der Waals surface area (Å²) in [4.78, 5) is 15.0. The van der Waals surface area contributed by atoms with Gasteiger partial charge in [-0.25, -0.2) is 15.0 Å². The molecule has 9 aromatic carbocycles. The highest BCUT2D eigenvalue weighted by atomic mass is 15.0. The third-order valence-electron chi connectivity index (χ3n) is 13.1. The van der Waals surface area contributed by atoms with Crippen molar-refractivity contribution in [1.29, 1.82) is 0 Å². The topological polar surface area (TPSA) is 43.6 Å². The number of fused-ring (bicyclic) bond motifs is 14. The zero-order valence-corrected chi connectivity index (χ0v) is 33.6. The summed E-state index contributed by atoms with van der Waals surface area (Å²) in [7, 11) is 0. The van der Waals surface area contributed by atoms with Gasteiger partial charge in [0, 0.05) is 33.2 Å². The molecule has 0 N–H and O–H groups in total. The molecule has 2 aliphatic rings. The summed E-state index contributed by atoms with van der Waals surface area (Å²) < 4.78 is 2.45. The fourth-order valence-corrected chi connectivity index (χ4v) is 10.5. The fourth-order valence-electron chi connectivity index (χ4n) is 10.5. The Hall–Kier alpha value is -8.21. The third kappa shape index (κ3) is 4.92. The molecule has 2 aliphatic carbocycles. The normalized spacial score (nSPS) is 13.0. The maximum Gasteiger partial charge on any atom is 0.164 e. The Morgan fingerprint density at radius 3 is 1.47 bits per heavy atom. The van der Waals surface area contributed by atoms with Crippen LogP contribution in [0.25, 0.3) is 95.0 Å². The zero-order chi connectivity index (χ0) is 40.8. The van der Waals surface area contributed by atoms with Gasteiger partial charge in [0.25, 0.3) is 0 Å². The lowest BCUT2D eigenvalue weighted by Gasteiger charge is -2.30. The molecule has 0 aliphatic heterocycles. The smallest absolute Gasteiger partial charge is 0.164 e. The highest BCUT2D eigenvalue weighted by Gasteiger charge is 2.52. The van der Waals surface area contributed by atoms with Crippen LogP contribution in [0.3, 0.4) is 0 Å². The predicted octanol–water partition coefficient (Wildman–Crippen LogP) is 14.0. The fraction of sp³-hybridized carbons (Fsp3) is 0.0172. The van der Waals surface area contributed by atoms with E-state index in [4.69, 9.17) is 15.0 Å². The van der Waals surface area contributed by atoms with Crippen molar-refractivity contribution >= 4 is 21.8 Å². The second kappa shape index (κ2) is 13.4.